The highest BCUT2D eigenvalue weighted by Crippen LogP contribution is 2.29. The van der Waals surface area contributed by atoms with Crippen molar-refractivity contribution in [3.05, 3.63) is 29.6 Å². The maximum Gasteiger partial charge on any atom is 0.123 e. The first kappa shape index (κ1) is 13.3. The molecule has 1 aromatic carbocycles. The Bertz CT molecular complexity index is 394. The number of aliphatic hydroxyl groups is 1. The molecule has 0 aliphatic carbocycles. The summed E-state index contributed by atoms with van der Waals surface area (Å²) in [6.07, 6.45) is 6.01. The van der Waals surface area contributed by atoms with E-state index in [1.54, 1.807) is 0 Å². The summed E-state index contributed by atoms with van der Waals surface area (Å²) in [4.78, 5) is 2.36. The van der Waals surface area contributed by atoms with Crippen LogP contribution in [0.5, 0.6) is 0 Å². The summed E-state index contributed by atoms with van der Waals surface area (Å²) in [5.41, 5.74) is 1.71. The lowest BCUT2D eigenvalue weighted by atomic mass is 10.1. The number of benzene rings is 1. The molecule has 1 N–H and O–H groups in total. The normalized spacial score (nSPS) is 20.8. The van der Waals surface area contributed by atoms with E-state index in [0.717, 1.165) is 18.7 Å². The highest BCUT2D eigenvalue weighted by molar-refractivity contribution is 5.54. The van der Waals surface area contributed by atoms with Crippen LogP contribution < -0.4 is 4.90 Å². The maximum absolute atomic E-state index is 13.2. The minimum Gasteiger partial charge on any atom is -0.392 e. The van der Waals surface area contributed by atoms with Gasteiger partial charge in [0, 0.05) is 23.8 Å². The van der Waals surface area contributed by atoms with Gasteiger partial charge in [0.2, 0.25) is 0 Å². The summed E-state index contributed by atoms with van der Waals surface area (Å²) in [5, 5.41) is 9.41. The Morgan fingerprint density at radius 3 is 2.89 bits per heavy atom. The lowest BCUT2D eigenvalue weighted by molar-refractivity contribution is 0.281. The van der Waals surface area contributed by atoms with Gasteiger partial charge in [0.1, 0.15) is 5.82 Å². The number of aliphatic hydroxyl groups excluding tert-OH is 1. The van der Waals surface area contributed by atoms with Gasteiger partial charge in [-0.05, 0) is 37.5 Å². The summed E-state index contributed by atoms with van der Waals surface area (Å²) in [7, 11) is 0. The third-order valence-corrected chi connectivity index (χ3v) is 3.87. The molecule has 0 saturated carbocycles. The van der Waals surface area contributed by atoms with Gasteiger partial charge in [0.15, 0.2) is 0 Å². The fourth-order valence-corrected chi connectivity index (χ4v) is 2.88. The van der Waals surface area contributed by atoms with Crippen LogP contribution in [-0.2, 0) is 6.61 Å². The van der Waals surface area contributed by atoms with Crippen molar-refractivity contribution in [3.63, 3.8) is 0 Å². The molecule has 1 unspecified atom stereocenters. The molecule has 2 rings (SSSR count). The minimum absolute atomic E-state index is 0.0972. The molecule has 1 atom stereocenters. The Hall–Kier alpha value is -1.09. The third-order valence-electron chi connectivity index (χ3n) is 3.87. The van der Waals surface area contributed by atoms with Crippen molar-refractivity contribution in [2.45, 2.75) is 51.7 Å². The standard InChI is InChI=1S/C15H22FNO/c1-2-14-6-4-3-5-9-17(14)15-8-7-13(16)10-12(15)11-18/h7-8,10,14,18H,2-6,9,11H2,1H3. The Kier molecular flexibility index (Phi) is 4.59. The van der Waals surface area contributed by atoms with Gasteiger partial charge in [-0.15, -0.1) is 0 Å². The maximum atomic E-state index is 13.2. The predicted octanol–water partition coefficient (Wildman–Crippen LogP) is 3.48. The lowest BCUT2D eigenvalue weighted by Gasteiger charge is -2.33. The number of halogens is 1. The Labute approximate surface area is 108 Å². The molecule has 1 aliphatic rings. The number of rotatable bonds is 3. The molecule has 0 aromatic heterocycles. The van der Waals surface area contributed by atoms with Crippen LogP contribution in [0.1, 0.15) is 44.6 Å². The summed E-state index contributed by atoms with van der Waals surface area (Å²) < 4.78 is 13.2. The predicted molar refractivity (Wildman–Crippen MR) is 72.2 cm³/mol. The molecule has 1 saturated heterocycles. The van der Waals surface area contributed by atoms with Crippen molar-refractivity contribution in [2.24, 2.45) is 0 Å². The average molecular weight is 251 g/mol. The molecule has 18 heavy (non-hydrogen) atoms. The second-order valence-corrected chi connectivity index (χ2v) is 5.04. The zero-order valence-electron chi connectivity index (χ0n) is 11.0. The van der Waals surface area contributed by atoms with Crippen molar-refractivity contribution in [2.75, 3.05) is 11.4 Å². The zero-order valence-corrected chi connectivity index (χ0v) is 11.0. The molecule has 1 aliphatic heterocycles. The Morgan fingerprint density at radius 2 is 2.17 bits per heavy atom. The zero-order chi connectivity index (χ0) is 13.0. The van der Waals surface area contributed by atoms with E-state index >= 15 is 0 Å². The van der Waals surface area contributed by atoms with E-state index in [9.17, 15) is 9.50 Å². The van der Waals surface area contributed by atoms with E-state index in [-0.39, 0.29) is 12.4 Å². The van der Waals surface area contributed by atoms with Crippen molar-refractivity contribution in [1.82, 2.24) is 0 Å². The van der Waals surface area contributed by atoms with E-state index < -0.39 is 0 Å². The Balaban J connectivity index is 2.32. The number of hydrogen-bond donors (Lipinski definition) is 1. The number of anilines is 1. The molecular formula is C15H22FNO. The second-order valence-electron chi connectivity index (χ2n) is 5.04. The molecule has 3 heteroatoms. The van der Waals surface area contributed by atoms with Crippen molar-refractivity contribution in [1.29, 1.82) is 0 Å². The van der Waals surface area contributed by atoms with Crippen LogP contribution in [0.15, 0.2) is 18.2 Å². The summed E-state index contributed by atoms with van der Waals surface area (Å²) >= 11 is 0. The summed E-state index contributed by atoms with van der Waals surface area (Å²) in [5.74, 6) is -0.273. The quantitative estimate of drug-likeness (QED) is 0.889. The first-order valence-electron chi connectivity index (χ1n) is 6.92. The number of hydrogen-bond acceptors (Lipinski definition) is 2. The third kappa shape index (κ3) is 2.83. The van der Waals surface area contributed by atoms with Crippen LogP contribution in [0.2, 0.25) is 0 Å². The summed E-state index contributed by atoms with van der Waals surface area (Å²) in [6.45, 7) is 3.11. The first-order valence-corrected chi connectivity index (χ1v) is 6.92. The topological polar surface area (TPSA) is 23.5 Å². The van der Waals surface area contributed by atoms with Crippen molar-refractivity contribution >= 4 is 5.69 Å². The van der Waals surface area contributed by atoms with Gasteiger partial charge in [-0.25, -0.2) is 4.39 Å². The summed E-state index contributed by atoms with van der Waals surface area (Å²) in [6, 6.07) is 5.27. The molecule has 2 nitrogen and oxygen atoms in total. The molecule has 1 aromatic rings. The molecule has 0 radical (unpaired) electrons. The van der Waals surface area contributed by atoms with Gasteiger partial charge in [-0.3, -0.25) is 0 Å². The molecular weight excluding hydrogens is 229 g/mol. The first-order chi connectivity index (χ1) is 8.76. The van der Waals surface area contributed by atoms with Crippen LogP contribution in [-0.4, -0.2) is 17.7 Å². The van der Waals surface area contributed by atoms with Crippen molar-refractivity contribution < 1.29 is 9.50 Å². The van der Waals surface area contributed by atoms with Gasteiger partial charge in [-0.2, -0.15) is 0 Å². The average Bonchev–Trinajstić information content (AvgIpc) is 2.63. The van der Waals surface area contributed by atoms with Gasteiger partial charge < -0.3 is 10.0 Å². The van der Waals surface area contributed by atoms with Gasteiger partial charge >= 0.3 is 0 Å². The highest BCUT2D eigenvalue weighted by atomic mass is 19.1. The second kappa shape index (κ2) is 6.19. The van der Waals surface area contributed by atoms with E-state index in [0.29, 0.717) is 11.6 Å². The van der Waals surface area contributed by atoms with E-state index in [2.05, 4.69) is 11.8 Å². The van der Waals surface area contributed by atoms with Crippen LogP contribution in [0.25, 0.3) is 0 Å². The molecule has 100 valence electrons. The van der Waals surface area contributed by atoms with Gasteiger partial charge in [-0.1, -0.05) is 19.8 Å². The van der Waals surface area contributed by atoms with Crippen LogP contribution in [0.3, 0.4) is 0 Å². The molecule has 0 amide bonds. The monoisotopic (exact) mass is 251 g/mol. The molecule has 0 spiro atoms. The van der Waals surface area contributed by atoms with E-state index in [1.165, 1.54) is 37.8 Å². The highest BCUT2D eigenvalue weighted by Gasteiger charge is 2.21. The fraction of sp³-hybridized carbons (Fsp3) is 0.600. The molecule has 1 heterocycles. The van der Waals surface area contributed by atoms with E-state index in [1.807, 2.05) is 6.07 Å². The van der Waals surface area contributed by atoms with Crippen LogP contribution >= 0.6 is 0 Å². The lowest BCUT2D eigenvalue weighted by Crippen LogP contribution is -2.35. The molecule has 0 bridgehead atoms. The number of nitrogens with zero attached hydrogens (tertiary/aromatic N) is 1. The van der Waals surface area contributed by atoms with Crippen LogP contribution in [0, 0.1) is 5.82 Å². The molecule has 1 fully saturated rings. The largest absolute Gasteiger partial charge is 0.392 e. The van der Waals surface area contributed by atoms with Crippen molar-refractivity contribution in [3.8, 4) is 0 Å². The Morgan fingerprint density at radius 1 is 1.33 bits per heavy atom. The SMILES string of the molecule is CCC1CCCCCN1c1ccc(F)cc1CO. The minimum atomic E-state index is -0.273. The fourth-order valence-electron chi connectivity index (χ4n) is 2.88. The smallest absolute Gasteiger partial charge is 0.123 e. The van der Waals surface area contributed by atoms with Crippen LogP contribution in [0.4, 0.5) is 10.1 Å². The van der Waals surface area contributed by atoms with Gasteiger partial charge in [0.25, 0.3) is 0 Å². The van der Waals surface area contributed by atoms with Gasteiger partial charge in [0.05, 0.1) is 6.61 Å². The van der Waals surface area contributed by atoms with E-state index in [4.69, 9.17) is 0 Å².